The Kier molecular flexibility index (Phi) is 15.8. The summed E-state index contributed by atoms with van der Waals surface area (Å²) in [5.41, 5.74) is 0. The fraction of sp³-hybridized carbons (Fsp3) is 0.958. The SMILES string of the molecule is CCCCCCC(CCCO[Si](C)(C)C(C)(C)C)OC(=O)OCCCN(CC)CC. The molecule has 0 spiro atoms. The number of carbonyl (C=O) groups excluding carboxylic acids is 1. The molecule has 5 nitrogen and oxygen atoms in total. The summed E-state index contributed by atoms with van der Waals surface area (Å²) in [6.07, 6.45) is 7.66. The Morgan fingerprint density at radius 1 is 0.900 bits per heavy atom. The summed E-state index contributed by atoms with van der Waals surface area (Å²) in [6, 6.07) is 0. The minimum atomic E-state index is -1.72. The summed E-state index contributed by atoms with van der Waals surface area (Å²) in [5.74, 6) is 0. The lowest BCUT2D eigenvalue weighted by Crippen LogP contribution is -2.41. The van der Waals surface area contributed by atoms with E-state index in [1.807, 2.05) is 0 Å². The first-order chi connectivity index (χ1) is 14.1. The van der Waals surface area contributed by atoms with Crippen molar-refractivity contribution >= 4 is 14.5 Å². The molecule has 0 radical (unpaired) electrons. The molecule has 1 unspecified atom stereocenters. The molecule has 1 atom stereocenters. The van der Waals surface area contributed by atoms with Crippen LogP contribution in [0.1, 0.15) is 92.9 Å². The van der Waals surface area contributed by atoms with Gasteiger partial charge >= 0.3 is 6.16 Å². The molecule has 180 valence electrons. The van der Waals surface area contributed by atoms with Crippen LogP contribution in [0.25, 0.3) is 0 Å². The molecule has 6 heteroatoms. The van der Waals surface area contributed by atoms with Crippen LogP contribution in [-0.4, -0.2) is 58.3 Å². The molecule has 0 bridgehead atoms. The molecular weight excluding hydrogens is 394 g/mol. The Balaban J connectivity index is 4.36. The van der Waals surface area contributed by atoms with E-state index < -0.39 is 14.5 Å². The number of hydrogen-bond donors (Lipinski definition) is 0. The van der Waals surface area contributed by atoms with Gasteiger partial charge in [-0.05, 0) is 63.3 Å². The average Bonchev–Trinajstić information content (AvgIpc) is 2.67. The molecule has 0 heterocycles. The van der Waals surface area contributed by atoms with Gasteiger partial charge in [0.25, 0.3) is 0 Å². The minimum absolute atomic E-state index is 0.0693. The van der Waals surface area contributed by atoms with Gasteiger partial charge in [0.05, 0.1) is 6.61 Å². The van der Waals surface area contributed by atoms with Crippen LogP contribution in [0.2, 0.25) is 18.1 Å². The van der Waals surface area contributed by atoms with E-state index in [0.29, 0.717) is 6.61 Å². The van der Waals surface area contributed by atoms with E-state index in [-0.39, 0.29) is 11.1 Å². The maximum absolute atomic E-state index is 12.2. The zero-order chi connectivity index (χ0) is 23.0. The Labute approximate surface area is 188 Å². The highest BCUT2D eigenvalue weighted by molar-refractivity contribution is 6.74. The molecule has 0 aliphatic rings. The van der Waals surface area contributed by atoms with Gasteiger partial charge in [-0.15, -0.1) is 0 Å². The highest BCUT2D eigenvalue weighted by atomic mass is 28.4. The monoisotopic (exact) mass is 445 g/mol. The molecule has 0 aromatic rings. The van der Waals surface area contributed by atoms with E-state index in [0.717, 1.165) is 58.3 Å². The van der Waals surface area contributed by atoms with Crippen molar-refractivity contribution in [1.29, 1.82) is 0 Å². The van der Waals surface area contributed by atoms with E-state index in [9.17, 15) is 4.79 Å². The molecule has 0 N–H and O–H groups in total. The van der Waals surface area contributed by atoms with Gasteiger partial charge in [-0.25, -0.2) is 4.79 Å². The van der Waals surface area contributed by atoms with Crippen molar-refractivity contribution in [2.24, 2.45) is 0 Å². The van der Waals surface area contributed by atoms with Gasteiger partial charge in [0.1, 0.15) is 6.10 Å². The second kappa shape index (κ2) is 16.1. The molecule has 0 aromatic carbocycles. The number of unbranched alkanes of at least 4 members (excludes halogenated alkanes) is 3. The van der Waals surface area contributed by atoms with Crippen LogP contribution in [0.4, 0.5) is 4.79 Å². The Morgan fingerprint density at radius 3 is 2.10 bits per heavy atom. The third-order valence-electron chi connectivity index (χ3n) is 6.32. The molecule has 0 saturated heterocycles. The lowest BCUT2D eigenvalue weighted by molar-refractivity contribution is 0.0136. The summed E-state index contributed by atoms with van der Waals surface area (Å²) in [4.78, 5) is 14.5. The zero-order valence-electron chi connectivity index (χ0n) is 21.3. The Hall–Kier alpha value is -0.593. The van der Waals surface area contributed by atoms with E-state index in [4.69, 9.17) is 13.9 Å². The topological polar surface area (TPSA) is 48.0 Å². The first-order valence-electron chi connectivity index (χ1n) is 12.3. The second-order valence-electron chi connectivity index (χ2n) is 9.82. The van der Waals surface area contributed by atoms with Crippen molar-refractivity contribution in [3.63, 3.8) is 0 Å². The summed E-state index contributed by atoms with van der Waals surface area (Å²) in [6.45, 7) is 22.0. The van der Waals surface area contributed by atoms with Crippen molar-refractivity contribution < 1.29 is 18.7 Å². The first kappa shape index (κ1) is 29.4. The van der Waals surface area contributed by atoms with E-state index in [1.165, 1.54) is 19.3 Å². The lowest BCUT2D eigenvalue weighted by atomic mass is 10.1. The standard InChI is InChI=1S/C24H51NO4Si/c1-9-12-13-14-17-22(18-15-21-28-30(7,8)24(4,5)6)29-23(26)27-20-16-19-25(10-2)11-3/h22H,9-21H2,1-8H3. The summed E-state index contributed by atoms with van der Waals surface area (Å²) < 4.78 is 17.3. The minimum Gasteiger partial charge on any atom is -0.434 e. The number of ether oxygens (including phenoxy) is 2. The van der Waals surface area contributed by atoms with Crippen molar-refractivity contribution in [2.75, 3.05) is 32.8 Å². The zero-order valence-corrected chi connectivity index (χ0v) is 22.3. The molecule has 0 aromatic heterocycles. The van der Waals surface area contributed by atoms with Crippen molar-refractivity contribution in [1.82, 2.24) is 4.90 Å². The third-order valence-corrected chi connectivity index (χ3v) is 10.9. The number of hydrogen-bond acceptors (Lipinski definition) is 5. The number of carbonyl (C=O) groups is 1. The fourth-order valence-corrected chi connectivity index (χ4v) is 4.16. The molecular formula is C24H51NO4Si. The molecule has 0 aliphatic carbocycles. The smallest absolute Gasteiger partial charge is 0.434 e. The molecule has 0 aliphatic heterocycles. The van der Waals surface area contributed by atoms with Gasteiger partial charge in [-0.1, -0.05) is 60.8 Å². The predicted octanol–water partition coefficient (Wildman–Crippen LogP) is 7.01. The first-order valence-corrected chi connectivity index (χ1v) is 15.2. The molecule has 30 heavy (non-hydrogen) atoms. The van der Waals surface area contributed by atoms with Crippen LogP contribution >= 0.6 is 0 Å². The highest BCUT2D eigenvalue weighted by Crippen LogP contribution is 2.36. The van der Waals surface area contributed by atoms with Crippen molar-refractivity contribution in [3.8, 4) is 0 Å². The number of nitrogens with zero attached hydrogens (tertiary/aromatic N) is 1. The maximum Gasteiger partial charge on any atom is 0.508 e. The fourth-order valence-electron chi connectivity index (χ4n) is 3.07. The van der Waals surface area contributed by atoms with Crippen LogP contribution in [-0.2, 0) is 13.9 Å². The van der Waals surface area contributed by atoms with Crippen molar-refractivity contribution in [3.05, 3.63) is 0 Å². The van der Waals surface area contributed by atoms with Gasteiger partial charge < -0.3 is 18.8 Å². The van der Waals surface area contributed by atoms with Crippen LogP contribution in [0.15, 0.2) is 0 Å². The summed E-state index contributed by atoms with van der Waals surface area (Å²) in [7, 11) is -1.72. The summed E-state index contributed by atoms with van der Waals surface area (Å²) in [5, 5.41) is 0.220. The van der Waals surface area contributed by atoms with Gasteiger partial charge in [0.2, 0.25) is 0 Å². The van der Waals surface area contributed by atoms with E-state index in [2.05, 4.69) is 59.5 Å². The van der Waals surface area contributed by atoms with Crippen molar-refractivity contribution in [2.45, 2.75) is 117 Å². The normalized spacial score (nSPS) is 13.5. The van der Waals surface area contributed by atoms with Crippen LogP contribution in [0, 0.1) is 0 Å². The Morgan fingerprint density at radius 2 is 1.53 bits per heavy atom. The lowest BCUT2D eigenvalue weighted by Gasteiger charge is -2.36. The quantitative estimate of drug-likeness (QED) is 0.137. The molecule has 0 rings (SSSR count). The average molecular weight is 446 g/mol. The van der Waals surface area contributed by atoms with Crippen LogP contribution < -0.4 is 0 Å². The maximum atomic E-state index is 12.2. The van der Waals surface area contributed by atoms with Gasteiger partial charge in [0, 0.05) is 13.2 Å². The predicted molar refractivity (Wildman–Crippen MR) is 130 cm³/mol. The van der Waals surface area contributed by atoms with Gasteiger partial charge in [-0.2, -0.15) is 0 Å². The van der Waals surface area contributed by atoms with Crippen LogP contribution in [0.3, 0.4) is 0 Å². The van der Waals surface area contributed by atoms with Crippen LogP contribution in [0.5, 0.6) is 0 Å². The largest absolute Gasteiger partial charge is 0.508 e. The molecule has 0 fully saturated rings. The van der Waals surface area contributed by atoms with E-state index >= 15 is 0 Å². The molecule has 0 saturated carbocycles. The van der Waals surface area contributed by atoms with Gasteiger partial charge in [0.15, 0.2) is 8.32 Å². The third kappa shape index (κ3) is 13.7. The highest BCUT2D eigenvalue weighted by Gasteiger charge is 2.36. The summed E-state index contributed by atoms with van der Waals surface area (Å²) >= 11 is 0. The second-order valence-corrected chi connectivity index (χ2v) is 14.6. The van der Waals surface area contributed by atoms with Gasteiger partial charge in [-0.3, -0.25) is 0 Å². The Bertz CT molecular complexity index is 433. The number of rotatable bonds is 17. The van der Waals surface area contributed by atoms with E-state index in [1.54, 1.807) is 0 Å². The molecule has 0 amide bonds.